The maximum absolute atomic E-state index is 12.4. The number of carbonyl (C=O) groups excluding carboxylic acids is 2. The van der Waals surface area contributed by atoms with Crippen LogP contribution in [0.1, 0.15) is 32.6 Å². The third-order valence-electron chi connectivity index (χ3n) is 4.32. The fourth-order valence-corrected chi connectivity index (χ4v) is 3.80. The van der Waals surface area contributed by atoms with Crippen LogP contribution >= 0.6 is 0 Å². The van der Waals surface area contributed by atoms with Crippen molar-refractivity contribution < 1.29 is 32.2 Å². The molecule has 0 spiro atoms. The Hall–Kier alpha value is -3.10. The highest BCUT2D eigenvalue weighted by Crippen LogP contribution is 2.32. The number of rotatable bonds is 11. The number of nitrogens with two attached hydrogens (primary N) is 1. The third kappa shape index (κ3) is 7.27. The number of hydrogen-bond acceptors (Lipinski definition) is 9. The number of carbonyl (C=O) groups is 2. The average Bonchev–Trinajstić information content (AvgIpc) is 2.74. The minimum atomic E-state index is -3.69. The summed E-state index contributed by atoms with van der Waals surface area (Å²) in [5, 5.41) is 8.83. The fourth-order valence-electron chi connectivity index (χ4n) is 2.71. The molecule has 1 aromatic rings. The molecular formula is C20H25N3O7S. The van der Waals surface area contributed by atoms with Gasteiger partial charge in [-0.2, -0.15) is 5.26 Å². The summed E-state index contributed by atoms with van der Waals surface area (Å²) in [6, 6.07) is 6.11. The number of esters is 1. The van der Waals surface area contributed by atoms with Gasteiger partial charge in [0.2, 0.25) is 15.8 Å². The van der Waals surface area contributed by atoms with E-state index in [-0.39, 0.29) is 29.1 Å². The summed E-state index contributed by atoms with van der Waals surface area (Å²) in [5.74, 6) is -0.316. The molecule has 0 fully saturated rings. The number of hydrogen-bond donors (Lipinski definition) is 2. The van der Waals surface area contributed by atoms with Crippen molar-refractivity contribution in [2.45, 2.75) is 37.5 Å². The first-order valence-corrected chi connectivity index (χ1v) is 11.2. The summed E-state index contributed by atoms with van der Waals surface area (Å²) < 4.78 is 42.9. The Kier molecular flexibility index (Phi) is 8.84. The normalized spacial score (nSPS) is 13.7. The van der Waals surface area contributed by atoms with Crippen molar-refractivity contribution in [1.82, 2.24) is 4.72 Å². The van der Waals surface area contributed by atoms with Gasteiger partial charge in [-0.15, -0.1) is 0 Å². The summed E-state index contributed by atoms with van der Waals surface area (Å²) in [6.45, 7) is 1.87. The lowest BCUT2D eigenvalue weighted by molar-refractivity contribution is -0.147. The van der Waals surface area contributed by atoms with Crippen LogP contribution in [-0.4, -0.2) is 46.5 Å². The van der Waals surface area contributed by atoms with Crippen molar-refractivity contribution in [2.75, 3.05) is 26.4 Å². The maximum Gasteiger partial charge on any atom is 0.306 e. The first-order valence-electron chi connectivity index (χ1n) is 9.69. The molecule has 1 aliphatic heterocycles. The van der Waals surface area contributed by atoms with E-state index in [1.54, 1.807) is 12.1 Å². The molecule has 31 heavy (non-hydrogen) atoms. The number of nitrogens with zero attached hydrogens (tertiary/aromatic N) is 1. The SMILES string of the molecule is C/C(N)=C(/C#N)C(=O)COC(=O)CCCCCNS(=O)(=O)c1ccc2c(c1)OCCO2. The van der Waals surface area contributed by atoms with Crippen molar-refractivity contribution in [2.24, 2.45) is 5.73 Å². The molecule has 0 atom stereocenters. The number of ether oxygens (including phenoxy) is 3. The van der Waals surface area contributed by atoms with Crippen LogP contribution in [0.2, 0.25) is 0 Å². The highest BCUT2D eigenvalue weighted by molar-refractivity contribution is 7.89. The van der Waals surface area contributed by atoms with E-state index in [0.29, 0.717) is 44.0 Å². The van der Waals surface area contributed by atoms with Gasteiger partial charge in [0.15, 0.2) is 18.1 Å². The molecule has 0 amide bonds. The molecule has 10 nitrogen and oxygen atoms in total. The van der Waals surface area contributed by atoms with E-state index >= 15 is 0 Å². The Balaban J connectivity index is 1.67. The summed E-state index contributed by atoms with van der Waals surface area (Å²) in [4.78, 5) is 23.5. The second kappa shape index (κ2) is 11.3. The Morgan fingerprint density at radius 3 is 2.58 bits per heavy atom. The number of sulfonamides is 1. The number of nitrogens with one attached hydrogen (secondary N) is 1. The Morgan fingerprint density at radius 1 is 1.19 bits per heavy atom. The van der Waals surface area contributed by atoms with Crippen LogP contribution in [0, 0.1) is 11.3 Å². The second-order valence-corrected chi connectivity index (χ2v) is 8.53. The zero-order chi connectivity index (χ0) is 22.9. The van der Waals surface area contributed by atoms with Gasteiger partial charge in [-0.1, -0.05) is 6.42 Å². The first-order chi connectivity index (χ1) is 14.7. The van der Waals surface area contributed by atoms with E-state index in [0.717, 1.165) is 0 Å². The van der Waals surface area contributed by atoms with E-state index < -0.39 is 28.4 Å². The molecule has 3 N–H and O–H groups in total. The Morgan fingerprint density at radius 2 is 1.90 bits per heavy atom. The molecule has 0 saturated carbocycles. The molecule has 0 radical (unpaired) electrons. The van der Waals surface area contributed by atoms with Gasteiger partial charge in [-0.3, -0.25) is 9.59 Å². The van der Waals surface area contributed by atoms with Gasteiger partial charge in [0, 0.05) is 24.7 Å². The summed E-state index contributed by atoms with van der Waals surface area (Å²) in [6.07, 6.45) is 1.65. The fraction of sp³-hybridized carbons (Fsp3) is 0.450. The predicted molar refractivity (Wildman–Crippen MR) is 110 cm³/mol. The summed E-state index contributed by atoms with van der Waals surface area (Å²) >= 11 is 0. The molecule has 0 bridgehead atoms. The van der Waals surface area contributed by atoms with E-state index in [9.17, 15) is 18.0 Å². The van der Waals surface area contributed by atoms with Gasteiger partial charge in [0.25, 0.3) is 0 Å². The van der Waals surface area contributed by atoms with Gasteiger partial charge >= 0.3 is 5.97 Å². The lowest BCUT2D eigenvalue weighted by Crippen LogP contribution is -2.25. The van der Waals surface area contributed by atoms with Gasteiger partial charge < -0.3 is 19.9 Å². The van der Waals surface area contributed by atoms with Gasteiger partial charge in [0.05, 0.1) is 4.90 Å². The van der Waals surface area contributed by atoms with E-state index in [2.05, 4.69) is 4.72 Å². The topological polar surface area (TPSA) is 158 Å². The number of benzene rings is 1. The van der Waals surface area contributed by atoms with Crippen LogP contribution in [0.4, 0.5) is 0 Å². The van der Waals surface area contributed by atoms with E-state index in [1.165, 1.54) is 19.1 Å². The van der Waals surface area contributed by atoms with Gasteiger partial charge in [-0.25, -0.2) is 13.1 Å². The summed E-state index contributed by atoms with van der Waals surface area (Å²) in [7, 11) is -3.69. The van der Waals surface area contributed by atoms with Crippen molar-refractivity contribution in [1.29, 1.82) is 5.26 Å². The molecule has 1 aliphatic rings. The standard InChI is InChI=1S/C20H25N3O7S/c1-14(22)16(12-21)17(24)13-30-20(25)5-3-2-4-8-23-31(26,27)15-6-7-18-19(11-15)29-10-9-28-18/h6-7,11,23H,2-5,8-10,13,22H2,1H3/b16-14+. The zero-order valence-corrected chi connectivity index (χ0v) is 18.0. The molecular weight excluding hydrogens is 426 g/mol. The third-order valence-corrected chi connectivity index (χ3v) is 5.78. The predicted octanol–water partition coefficient (Wildman–Crippen LogP) is 1.17. The number of ketones is 1. The van der Waals surface area contributed by atoms with Crippen molar-refractivity contribution >= 4 is 21.8 Å². The molecule has 0 saturated heterocycles. The highest BCUT2D eigenvalue weighted by Gasteiger charge is 2.19. The second-order valence-electron chi connectivity index (χ2n) is 6.77. The molecule has 0 aliphatic carbocycles. The van der Waals surface area contributed by atoms with Crippen LogP contribution in [0.15, 0.2) is 34.4 Å². The van der Waals surface area contributed by atoms with Gasteiger partial charge in [-0.05, 0) is 31.9 Å². The molecule has 168 valence electrons. The maximum atomic E-state index is 12.4. The minimum absolute atomic E-state index is 0.0715. The van der Waals surface area contributed by atoms with Crippen LogP contribution in [0.25, 0.3) is 0 Å². The zero-order valence-electron chi connectivity index (χ0n) is 17.2. The molecule has 11 heteroatoms. The molecule has 1 heterocycles. The number of unbranched alkanes of at least 4 members (excludes halogenated alkanes) is 2. The van der Waals surface area contributed by atoms with Crippen LogP contribution in [0.5, 0.6) is 11.5 Å². The lowest BCUT2D eigenvalue weighted by atomic mass is 10.1. The molecule has 2 rings (SSSR count). The highest BCUT2D eigenvalue weighted by atomic mass is 32.2. The van der Waals surface area contributed by atoms with Gasteiger partial charge in [0.1, 0.15) is 24.9 Å². The van der Waals surface area contributed by atoms with Crippen LogP contribution < -0.4 is 19.9 Å². The Labute approximate surface area is 181 Å². The van der Waals surface area contributed by atoms with Crippen molar-refractivity contribution in [3.05, 3.63) is 29.5 Å². The first kappa shape index (κ1) is 24.2. The van der Waals surface area contributed by atoms with Crippen LogP contribution in [0.3, 0.4) is 0 Å². The van der Waals surface area contributed by atoms with Crippen molar-refractivity contribution in [3.8, 4) is 17.6 Å². The molecule has 1 aromatic carbocycles. The Bertz CT molecular complexity index is 993. The molecule has 0 unspecified atom stereocenters. The summed E-state index contributed by atoms with van der Waals surface area (Å²) in [5.41, 5.74) is 5.26. The van der Waals surface area contributed by atoms with Crippen LogP contribution in [-0.2, 0) is 24.3 Å². The van der Waals surface area contributed by atoms with E-state index in [4.69, 9.17) is 25.2 Å². The average molecular weight is 452 g/mol. The monoisotopic (exact) mass is 451 g/mol. The van der Waals surface area contributed by atoms with E-state index in [1.807, 2.05) is 0 Å². The number of nitriles is 1. The lowest BCUT2D eigenvalue weighted by Gasteiger charge is -2.18. The quantitative estimate of drug-likeness (QED) is 0.218. The number of allylic oxidation sites excluding steroid dienone is 1. The number of fused-ring (bicyclic) bond motifs is 1. The smallest absolute Gasteiger partial charge is 0.306 e. The minimum Gasteiger partial charge on any atom is -0.486 e. The molecule has 0 aromatic heterocycles. The number of Topliss-reactive ketones (excluding diaryl/α,β-unsaturated/α-hetero) is 1. The largest absolute Gasteiger partial charge is 0.486 e. The van der Waals surface area contributed by atoms with Crippen molar-refractivity contribution in [3.63, 3.8) is 0 Å².